The number of hydrogen-bond acceptors (Lipinski definition) is 4. The van der Waals surface area contributed by atoms with Crippen LogP contribution in [0.1, 0.15) is 35.7 Å². The Morgan fingerprint density at radius 3 is 2.89 bits per heavy atom. The first-order chi connectivity index (χ1) is 13.1. The van der Waals surface area contributed by atoms with Crippen LogP contribution in [0.5, 0.6) is 0 Å². The fraction of sp³-hybridized carbons (Fsp3) is 0.190. The third kappa shape index (κ3) is 3.38. The number of carbonyl (C=O) groups excluding carboxylic acids is 1. The molecule has 0 unspecified atom stereocenters. The molecule has 4 nitrogen and oxygen atoms in total. The van der Waals surface area contributed by atoms with Gasteiger partial charge in [0.2, 0.25) is 0 Å². The second kappa shape index (κ2) is 7.21. The van der Waals surface area contributed by atoms with Crippen LogP contribution in [-0.4, -0.2) is 15.5 Å². The monoisotopic (exact) mass is 393 g/mol. The fourth-order valence-electron chi connectivity index (χ4n) is 2.98. The third-order valence-electron chi connectivity index (χ3n) is 4.46. The molecule has 0 aliphatic rings. The summed E-state index contributed by atoms with van der Waals surface area (Å²) in [7, 11) is 0. The molecule has 0 saturated heterocycles. The predicted octanol–water partition coefficient (Wildman–Crippen LogP) is 5.36. The number of nitrogens with zero attached hydrogens (tertiary/aromatic N) is 3. The lowest BCUT2D eigenvalue weighted by atomic mass is 10.0. The number of rotatable bonds is 4. The summed E-state index contributed by atoms with van der Waals surface area (Å²) in [6.07, 6.45) is 1.83. The Kier molecular flexibility index (Phi) is 4.76. The lowest BCUT2D eigenvalue weighted by Crippen LogP contribution is -2.16. The summed E-state index contributed by atoms with van der Waals surface area (Å²) in [6.45, 7) is 8.81. The van der Waals surface area contributed by atoms with Crippen molar-refractivity contribution in [2.45, 2.75) is 26.3 Å². The zero-order valence-electron chi connectivity index (χ0n) is 15.2. The van der Waals surface area contributed by atoms with Gasteiger partial charge in [0.25, 0.3) is 5.91 Å². The third-order valence-corrected chi connectivity index (χ3v) is 6.29. The van der Waals surface area contributed by atoms with E-state index < -0.39 is 0 Å². The number of fused-ring (bicyclic) bond motifs is 2. The van der Waals surface area contributed by atoms with Gasteiger partial charge in [0.15, 0.2) is 4.80 Å². The summed E-state index contributed by atoms with van der Waals surface area (Å²) < 4.78 is 4.17. The Morgan fingerprint density at radius 1 is 1.26 bits per heavy atom. The minimum absolute atomic E-state index is 0.237. The summed E-state index contributed by atoms with van der Waals surface area (Å²) >= 11 is 3.07. The molecular formula is C21H19N3OS2. The van der Waals surface area contributed by atoms with Crippen LogP contribution < -0.4 is 4.80 Å². The predicted molar refractivity (Wildman–Crippen MR) is 114 cm³/mol. The lowest BCUT2D eigenvalue weighted by molar-refractivity contribution is 0.0998. The van der Waals surface area contributed by atoms with E-state index in [-0.39, 0.29) is 5.91 Å². The van der Waals surface area contributed by atoms with Crippen LogP contribution in [0.4, 0.5) is 0 Å². The summed E-state index contributed by atoms with van der Waals surface area (Å²) in [5.74, 6) is 0.219. The highest BCUT2D eigenvalue weighted by atomic mass is 32.1. The highest BCUT2D eigenvalue weighted by molar-refractivity contribution is 7.17. The maximum Gasteiger partial charge on any atom is 0.279 e. The molecule has 0 aliphatic carbocycles. The number of carbonyl (C=O) groups is 1. The van der Waals surface area contributed by atoms with Crippen LogP contribution in [0.15, 0.2) is 59.6 Å². The van der Waals surface area contributed by atoms with Crippen molar-refractivity contribution in [3.05, 3.63) is 70.5 Å². The van der Waals surface area contributed by atoms with Gasteiger partial charge in [0.05, 0.1) is 25.9 Å². The van der Waals surface area contributed by atoms with E-state index >= 15 is 0 Å². The van der Waals surface area contributed by atoms with Gasteiger partial charge in [-0.15, -0.1) is 17.9 Å². The number of allylic oxidation sites excluding steroid dienone is 1. The van der Waals surface area contributed by atoms with E-state index in [1.165, 1.54) is 16.9 Å². The SMILES string of the molecule is C=CCn1c(=NC(=O)c2ccc3ncsc3c2)sc2cc(C(C)C)ccc21. The second-order valence-corrected chi connectivity index (χ2v) is 8.51. The second-order valence-electron chi connectivity index (χ2n) is 6.62. The molecule has 2 aromatic heterocycles. The maximum atomic E-state index is 12.8. The molecule has 2 heterocycles. The fourth-order valence-corrected chi connectivity index (χ4v) is 4.78. The average molecular weight is 394 g/mol. The molecule has 4 aromatic rings. The zero-order valence-corrected chi connectivity index (χ0v) is 16.8. The van der Waals surface area contributed by atoms with Gasteiger partial charge in [-0.3, -0.25) is 4.79 Å². The van der Waals surface area contributed by atoms with Crippen molar-refractivity contribution in [2.75, 3.05) is 0 Å². The Bertz CT molecular complexity index is 1230. The molecule has 0 bridgehead atoms. The molecule has 2 aromatic carbocycles. The van der Waals surface area contributed by atoms with Gasteiger partial charge in [-0.05, 0) is 41.8 Å². The molecule has 0 fully saturated rings. The summed E-state index contributed by atoms with van der Waals surface area (Å²) in [4.78, 5) is 22.2. The van der Waals surface area contributed by atoms with E-state index in [4.69, 9.17) is 0 Å². The molecule has 4 rings (SSSR count). The minimum Gasteiger partial charge on any atom is -0.312 e. The van der Waals surface area contributed by atoms with Gasteiger partial charge >= 0.3 is 0 Å². The topological polar surface area (TPSA) is 47.2 Å². The first-order valence-corrected chi connectivity index (χ1v) is 10.4. The van der Waals surface area contributed by atoms with E-state index in [1.54, 1.807) is 22.9 Å². The van der Waals surface area contributed by atoms with Gasteiger partial charge < -0.3 is 4.57 Å². The standard InChI is InChI=1S/C21H19N3OS2/c1-4-9-24-17-8-6-14(13(2)3)10-19(17)27-21(24)23-20(25)15-5-7-16-18(11-15)26-12-22-16/h4-8,10-13H,1,9H2,2-3H3. The van der Waals surface area contributed by atoms with Crippen molar-refractivity contribution in [1.82, 2.24) is 9.55 Å². The lowest BCUT2D eigenvalue weighted by Gasteiger charge is -2.05. The molecule has 27 heavy (non-hydrogen) atoms. The molecule has 136 valence electrons. The van der Waals surface area contributed by atoms with Gasteiger partial charge in [0.1, 0.15) is 0 Å². The van der Waals surface area contributed by atoms with Crippen molar-refractivity contribution in [2.24, 2.45) is 4.99 Å². The molecule has 6 heteroatoms. The molecular weight excluding hydrogens is 374 g/mol. The molecule has 0 aliphatic heterocycles. The summed E-state index contributed by atoms with van der Waals surface area (Å²) in [5, 5.41) is 0. The first-order valence-electron chi connectivity index (χ1n) is 8.73. The van der Waals surface area contributed by atoms with Gasteiger partial charge in [0, 0.05) is 12.1 Å². The Labute approximate surface area is 165 Å². The number of aromatic nitrogens is 2. The van der Waals surface area contributed by atoms with Crippen molar-refractivity contribution >= 4 is 49.0 Å². The Morgan fingerprint density at radius 2 is 2.11 bits per heavy atom. The highest BCUT2D eigenvalue weighted by Crippen LogP contribution is 2.24. The molecule has 0 saturated carbocycles. The molecule has 1 amide bonds. The molecule has 0 N–H and O–H groups in total. The molecule has 0 radical (unpaired) electrons. The smallest absolute Gasteiger partial charge is 0.279 e. The zero-order chi connectivity index (χ0) is 19.0. The highest BCUT2D eigenvalue weighted by Gasteiger charge is 2.11. The van der Waals surface area contributed by atoms with Crippen LogP contribution in [0, 0.1) is 0 Å². The van der Waals surface area contributed by atoms with Crippen LogP contribution >= 0.6 is 22.7 Å². The summed E-state index contributed by atoms with van der Waals surface area (Å²) in [6, 6.07) is 12.0. The van der Waals surface area contributed by atoms with E-state index in [2.05, 4.69) is 48.6 Å². The van der Waals surface area contributed by atoms with Gasteiger partial charge in [-0.2, -0.15) is 4.99 Å². The number of benzene rings is 2. The largest absolute Gasteiger partial charge is 0.312 e. The normalized spacial score (nSPS) is 12.3. The number of amides is 1. The van der Waals surface area contributed by atoms with E-state index in [1.807, 2.05) is 22.8 Å². The van der Waals surface area contributed by atoms with E-state index in [9.17, 15) is 4.79 Å². The Hall–Kier alpha value is -2.57. The molecule has 0 spiro atoms. The minimum atomic E-state index is -0.237. The van der Waals surface area contributed by atoms with Crippen molar-refractivity contribution in [3.8, 4) is 0 Å². The first kappa shape index (κ1) is 17.8. The maximum absolute atomic E-state index is 12.8. The number of thiazole rings is 2. The van der Waals surface area contributed by atoms with E-state index in [0.717, 1.165) is 20.4 Å². The van der Waals surface area contributed by atoms with Crippen LogP contribution in [-0.2, 0) is 6.54 Å². The van der Waals surface area contributed by atoms with E-state index in [0.29, 0.717) is 22.8 Å². The average Bonchev–Trinajstić information content (AvgIpc) is 3.25. The van der Waals surface area contributed by atoms with Crippen molar-refractivity contribution in [3.63, 3.8) is 0 Å². The van der Waals surface area contributed by atoms with Crippen LogP contribution in [0.25, 0.3) is 20.4 Å². The van der Waals surface area contributed by atoms with Crippen molar-refractivity contribution < 1.29 is 4.79 Å². The van der Waals surface area contributed by atoms with Crippen molar-refractivity contribution in [1.29, 1.82) is 0 Å². The quantitative estimate of drug-likeness (QED) is 0.438. The Balaban J connectivity index is 1.83. The van der Waals surface area contributed by atoms with Crippen LogP contribution in [0.2, 0.25) is 0 Å². The molecule has 0 atom stereocenters. The number of hydrogen-bond donors (Lipinski definition) is 0. The van der Waals surface area contributed by atoms with Gasteiger partial charge in [-0.1, -0.05) is 37.3 Å². The van der Waals surface area contributed by atoms with Gasteiger partial charge in [-0.25, -0.2) is 4.98 Å². The summed E-state index contributed by atoms with van der Waals surface area (Å²) in [5.41, 5.74) is 5.63. The van der Waals surface area contributed by atoms with Crippen LogP contribution in [0.3, 0.4) is 0 Å².